The number of fused-ring (bicyclic) bond motifs is 1. The summed E-state index contributed by atoms with van der Waals surface area (Å²) < 4.78 is 60.4. The zero-order valence-electron chi connectivity index (χ0n) is 14.3. The smallest absolute Gasteiger partial charge is 0.329 e. The molecule has 4 rings (SSSR count). The fourth-order valence-electron chi connectivity index (χ4n) is 2.69. The predicted molar refractivity (Wildman–Crippen MR) is 91.3 cm³/mol. The second-order valence-electron chi connectivity index (χ2n) is 6.69. The van der Waals surface area contributed by atoms with Crippen molar-refractivity contribution in [3.8, 4) is 11.4 Å². The number of nitrogens with zero attached hydrogens (tertiary/aromatic N) is 5. The van der Waals surface area contributed by atoms with Crippen LogP contribution in [0.25, 0.3) is 17.0 Å². The average molecular weight is 399 g/mol. The molecule has 0 amide bonds. The van der Waals surface area contributed by atoms with Crippen LogP contribution in [0.3, 0.4) is 0 Å². The van der Waals surface area contributed by atoms with Crippen LogP contribution in [0, 0.1) is 5.92 Å². The van der Waals surface area contributed by atoms with Gasteiger partial charge in [0, 0.05) is 39.7 Å². The Bertz CT molecular complexity index is 1110. The Morgan fingerprint density at radius 2 is 2.07 bits per heavy atom. The SMILES string of the molecule is CS(=O)(CC1CC1)=NCc1cn2cc(-c3noc(C(F)(F)F)n3)ccc2n1. The summed E-state index contributed by atoms with van der Waals surface area (Å²) in [6.45, 7) is 0.222. The number of halogens is 3. The van der Waals surface area contributed by atoms with E-state index >= 15 is 0 Å². The molecule has 0 N–H and O–H groups in total. The van der Waals surface area contributed by atoms with Gasteiger partial charge in [0.15, 0.2) is 0 Å². The van der Waals surface area contributed by atoms with Gasteiger partial charge in [0.2, 0.25) is 5.82 Å². The number of alkyl halides is 3. The lowest BCUT2D eigenvalue weighted by molar-refractivity contribution is -0.159. The van der Waals surface area contributed by atoms with Gasteiger partial charge in [-0.25, -0.2) is 9.35 Å². The molecule has 0 spiro atoms. The van der Waals surface area contributed by atoms with Gasteiger partial charge in [-0.2, -0.15) is 18.2 Å². The molecule has 0 bridgehead atoms. The van der Waals surface area contributed by atoms with Gasteiger partial charge in [-0.1, -0.05) is 5.16 Å². The van der Waals surface area contributed by atoms with Crippen molar-refractivity contribution < 1.29 is 21.9 Å². The molecule has 3 aromatic rings. The molecule has 1 saturated carbocycles. The maximum Gasteiger partial charge on any atom is 0.471 e. The summed E-state index contributed by atoms with van der Waals surface area (Å²) in [5, 5.41) is 3.37. The number of pyridine rings is 1. The fraction of sp³-hybridized carbons (Fsp3) is 0.438. The number of hydrogen-bond donors (Lipinski definition) is 0. The third-order valence-corrected chi connectivity index (χ3v) is 5.93. The van der Waals surface area contributed by atoms with E-state index in [1.165, 1.54) is 0 Å². The van der Waals surface area contributed by atoms with Crippen LogP contribution in [-0.2, 0) is 22.5 Å². The molecule has 11 heteroatoms. The summed E-state index contributed by atoms with van der Waals surface area (Å²) in [6.07, 6.45) is 2.46. The van der Waals surface area contributed by atoms with Crippen molar-refractivity contribution in [2.24, 2.45) is 10.3 Å². The van der Waals surface area contributed by atoms with Crippen molar-refractivity contribution in [2.75, 3.05) is 12.0 Å². The molecule has 1 aliphatic carbocycles. The highest BCUT2D eigenvalue weighted by Gasteiger charge is 2.38. The third kappa shape index (κ3) is 4.12. The van der Waals surface area contributed by atoms with E-state index in [1.807, 2.05) is 0 Å². The number of rotatable bonds is 5. The molecule has 0 saturated heterocycles. The topological polar surface area (TPSA) is 85.7 Å². The van der Waals surface area contributed by atoms with Crippen LogP contribution in [-0.4, -0.2) is 35.7 Å². The summed E-state index contributed by atoms with van der Waals surface area (Å²) in [5.41, 5.74) is 1.57. The van der Waals surface area contributed by atoms with Crippen LogP contribution in [0.5, 0.6) is 0 Å². The van der Waals surface area contributed by atoms with Gasteiger partial charge >= 0.3 is 12.1 Å². The highest BCUT2D eigenvalue weighted by molar-refractivity contribution is 7.92. The largest absolute Gasteiger partial charge is 0.471 e. The summed E-state index contributed by atoms with van der Waals surface area (Å²) in [5.74, 6) is -0.420. The molecule has 1 fully saturated rings. The van der Waals surface area contributed by atoms with Crippen LogP contribution >= 0.6 is 0 Å². The summed E-state index contributed by atoms with van der Waals surface area (Å²) in [6, 6.07) is 3.19. The Kier molecular flexibility index (Phi) is 4.21. The molecule has 144 valence electrons. The predicted octanol–water partition coefficient (Wildman–Crippen LogP) is 3.41. The lowest BCUT2D eigenvalue weighted by atomic mass is 10.3. The lowest BCUT2D eigenvalue weighted by Gasteiger charge is -2.01. The van der Waals surface area contributed by atoms with Crippen molar-refractivity contribution >= 4 is 15.4 Å². The number of imidazole rings is 1. The van der Waals surface area contributed by atoms with Gasteiger partial charge in [-0.15, -0.1) is 0 Å². The molecule has 3 heterocycles. The van der Waals surface area contributed by atoms with E-state index in [0.29, 0.717) is 28.6 Å². The highest BCUT2D eigenvalue weighted by atomic mass is 32.2. The first-order chi connectivity index (χ1) is 12.7. The first kappa shape index (κ1) is 18.0. The molecule has 3 aromatic heterocycles. The van der Waals surface area contributed by atoms with E-state index in [9.17, 15) is 17.4 Å². The van der Waals surface area contributed by atoms with Gasteiger partial charge in [-0.05, 0) is 30.9 Å². The van der Waals surface area contributed by atoms with E-state index in [4.69, 9.17) is 0 Å². The minimum absolute atomic E-state index is 0.162. The van der Waals surface area contributed by atoms with Crippen LogP contribution in [0.2, 0.25) is 0 Å². The standard InChI is InChI=1S/C16H16F3N5O2S/c1-27(25,9-10-2-3-10)20-6-12-8-24-7-11(4-5-13(24)21-12)14-22-15(26-23-14)16(17,18)19/h4-5,7-8,10H,2-3,6,9H2,1H3. The second kappa shape index (κ2) is 6.32. The first-order valence-electron chi connectivity index (χ1n) is 8.24. The minimum atomic E-state index is -4.69. The van der Waals surface area contributed by atoms with E-state index in [-0.39, 0.29) is 12.4 Å². The summed E-state index contributed by atoms with van der Waals surface area (Å²) >= 11 is 0. The second-order valence-corrected chi connectivity index (χ2v) is 9.20. The Morgan fingerprint density at radius 3 is 2.74 bits per heavy atom. The monoisotopic (exact) mass is 399 g/mol. The Hall–Kier alpha value is -2.43. The molecule has 0 aromatic carbocycles. The van der Waals surface area contributed by atoms with Crippen LogP contribution in [0.15, 0.2) is 33.4 Å². The van der Waals surface area contributed by atoms with Gasteiger partial charge in [0.25, 0.3) is 0 Å². The van der Waals surface area contributed by atoms with Crippen molar-refractivity contribution in [3.63, 3.8) is 0 Å². The molecule has 27 heavy (non-hydrogen) atoms. The summed E-state index contributed by atoms with van der Waals surface area (Å²) in [4.78, 5) is 7.76. The molecule has 7 nitrogen and oxygen atoms in total. The van der Waals surface area contributed by atoms with Crippen molar-refractivity contribution in [1.29, 1.82) is 0 Å². The third-order valence-electron chi connectivity index (χ3n) is 4.17. The quantitative estimate of drug-likeness (QED) is 0.656. The molecule has 1 aliphatic rings. The van der Waals surface area contributed by atoms with Gasteiger partial charge in [0.1, 0.15) is 5.65 Å². The highest BCUT2D eigenvalue weighted by Crippen LogP contribution is 2.31. The molecular weight excluding hydrogens is 383 g/mol. The first-order valence-corrected chi connectivity index (χ1v) is 10.3. The zero-order valence-corrected chi connectivity index (χ0v) is 15.1. The normalized spacial score (nSPS) is 17.2. The van der Waals surface area contributed by atoms with E-state index in [0.717, 1.165) is 12.8 Å². The fourth-order valence-corrected chi connectivity index (χ4v) is 4.40. The maximum atomic E-state index is 12.6. The number of aromatic nitrogens is 4. The lowest BCUT2D eigenvalue weighted by Crippen LogP contribution is -2.05. The maximum absolute atomic E-state index is 12.6. The average Bonchev–Trinajstić information content (AvgIpc) is 3.11. The zero-order chi connectivity index (χ0) is 19.2. The molecule has 1 atom stereocenters. The van der Waals surface area contributed by atoms with E-state index < -0.39 is 21.8 Å². The minimum Gasteiger partial charge on any atom is -0.329 e. The van der Waals surface area contributed by atoms with Crippen LogP contribution in [0.1, 0.15) is 24.4 Å². The van der Waals surface area contributed by atoms with Crippen molar-refractivity contribution in [2.45, 2.75) is 25.6 Å². The molecular formula is C16H16F3N5O2S. The molecule has 0 radical (unpaired) electrons. The van der Waals surface area contributed by atoms with Crippen molar-refractivity contribution in [1.82, 2.24) is 19.5 Å². The van der Waals surface area contributed by atoms with Crippen LogP contribution in [0.4, 0.5) is 13.2 Å². The Balaban J connectivity index is 1.57. The number of hydrogen-bond acceptors (Lipinski definition) is 6. The molecule has 1 unspecified atom stereocenters. The van der Waals surface area contributed by atoms with Crippen LogP contribution < -0.4 is 0 Å². The van der Waals surface area contributed by atoms with E-state index in [2.05, 4.69) is 24.0 Å². The van der Waals surface area contributed by atoms with Crippen molar-refractivity contribution in [3.05, 3.63) is 36.1 Å². The van der Waals surface area contributed by atoms with Gasteiger partial charge in [-0.3, -0.25) is 4.21 Å². The van der Waals surface area contributed by atoms with Gasteiger partial charge < -0.3 is 8.92 Å². The Morgan fingerprint density at radius 1 is 1.30 bits per heavy atom. The summed E-state index contributed by atoms with van der Waals surface area (Å²) in [7, 11) is -2.23. The van der Waals surface area contributed by atoms with E-state index in [1.54, 1.807) is 35.2 Å². The molecule has 0 aliphatic heterocycles. The Labute approximate surface area is 152 Å². The van der Waals surface area contributed by atoms with Gasteiger partial charge in [0.05, 0.1) is 12.2 Å².